The van der Waals surface area contributed by atoms with E-state index in [9.17, 15) is 8.42 Å². The zero-order valence-electron chi connectivity index (χ0n) is 12.4. The van der Waals surface area contributed by atoms with Crippen LogP contribution >= 0.6 is 0 Å². The Labute approximate surface area is 119 Å². The molecule has 7 heteroatoms. The number of hydrogen-bond donors (Lipinski definition) is 1. The van der Waals surface area contributed by atoms with Crippen LogP contribution in [-0.2, 0) is 10.0 Å². The zero-order chi connectivity index (χ0) is 15.2. The minimum absolute atomic E-state index is 0.0864. The Kier molecular flexibility index (Phi) is 3.41. The maximum absolute atomic E-state index is 11.8. The number of hydrogen-bond acceptors (Lipinski definition) is 4. The molecule has 0 saturated heterocycles. The quantitative estimate of drug-likeness (QED) is 0.877. The lowest BCUT2D eigenvalue weighted by Crippen LogP contribution is -2.25. The van der Waals surface area contributed by atoms with Gasteiger partial charge in [-0.3, -0.25) is 8.99 Å². The maximum Gasteiger partial charge on any atom is 0.233 e. The van der Waals surface area contributed by atoms with Crippen molar-refractivity contribution >= 4 is 32.4 Å². The Morgan fingerprint density at radius 3 is 2.45 bits per heavy atom. The number of nitrogens with two attached hydrogens (primary N) is 1. The van der Waals surface area contributed by atoms with Gasteiger partial charge in [-0.15, -0.1) is 0 Å². The van der Waals surface area contributed by atoms with Gasteiger partial charge in [0.1, 0.15) is 0 Å². The first kappa shape index (κ1) is 14.6. The molecule has 110 valence electrons. The van der Waals surface area contributed by atoms with Crippen molar-refractivity contribution in [3.05, 3.63) is 17.7 Å². The highest BCUT2D eigenvalue weighted by molar-refractivity contribution is 7.92. The highest BCUT2D eigenvalue weighted by Gasteiger charge is 2.23. The summed E-state index contributed by atoms with van der Waals surface area (Å²) < 4.78 is 26.6. The molecule has 0 saturated carbocycles. The molecule has 0 fully saturated rings. The van der Waals surface area contributed by atoms with Crippen LogP contribution in [0, 0.1) is 6.92 Å². The number of benzene rings is 1. The van der Waals surface area contributed by atoms with Gasteiger partial charge in [-0.2, -0.15) is 5.10 Å². The molecule has 0 aliphatic rings. The van der Waals surface area contributed by atoms with Gasteiger partial charge >= 0.3 is 0 Å². The average Bonchev–Trinajstić information content (AvgIpc) is 2.73. The van der Waals surface area contributed by atoms with E-state index in [-0.39, 0.29) is 6.04 Å². The van der Waals surface area contributed by atoms with Crippen LogP contribution in [0.4, 0.5) is 11.5 Å². The van der Waals surface area contributed by atoms with E-state index in [4.69, 9.17) is 5.73 Å². The molecule has 20 heavy (non-hydrogen) atoms. The van der Waals surface area contributed by atoms with Gasteiger partial charge < -0.3 is 5.73 Å². The van der Waals surface area contributed by atoms with Gasteiger partial charge in [-0.05, 0) is 32.4 Å². The third-order valence-electron chi connectivity index (χ3n) is 3.36. The lowest BCUT2D eigenvalue weighted by atomic mass is 10.1. The smallest absolute Gasteiger partial charge is 0.233 e. The fourth-order valence-corrected chi connectivity index (χ4v) is 2.63. The lowest BCUT2D eigenvalue weighted by molar-refractivity contribution is 0.551. The molecule has 2 rings (SSSR count). The fraction of sp³-hybridized carbons (Fsp3) is 0.462. The molecule has 0 unspecified atom stereocenters. The summed E-state index contributed by atoms with van der Waals surface area (Å²) in [4.78, 5) is 0. The molecule has 6 nitrogen and oxygen atoms in total. The van der Waals surface area contributed by atoms with Gasteiger partial charge in [0.15, 0.2) is 5.82 Å². The van der Waals surface area contributed by atoms with Crippen molar-refractivity contribution in [1.29, 1.82) is 0 Å². The molecule has 0 amide bonds. The normalized spacial score (nSPS) is 12.3. The molecule has 0 aliphatic carbocycles. The Bertz CT molecular complexity index is 762. The number of aryl methyl sites for hydroxylation is 1. The second-order valence-electron chi connectivity index (χ2n) is 5.29. The maximum atomic E-state index is 11.8. The van der Waals surface area contributed by atoms with E-state index in [0.29, 0.717) is 11.5 Å². The summed E-state index contributed by atoms with van der Waals surface area (Å²) in [5, 5.41) is 5.24. The van der Waals surface area contributed by atoms with E-state index in [0.717, 1.165) is 22.7 Å². The lowest BCUT2D eigenvalue weighted by Gasteiger charge is -2.14. The second kappa shape index (κ2) is 4.66. The van der Waals surface area contributed by atoms with Gasteiger partial charge in [0, 0.05) is 13.1 Å². The number of nitrogens with zero attached hydrogens (tertiary/aromatic N) is 3. The summed E-state index contributed by atoms with van der Waals surface area (Å²) in [6, 6.07) is 3.79. The number of fused-ring (bicyclic) bond motifs is 1. The van der Waals surface area contributed by atoms with E-state index in [1.165, 1.54) is 11.4 Å². The van der Waals surface area contributed by atoms with Gasteiger partial charge in [0.25, 0.3) is 0 Å². The molecule has 2 N–H and O–H groups in total. The van der Waals surface area contributed by atoms with E-state index in [1.807, 2.05) is 32.9 Å². The highest BCUT2D eigenvalue weighted by Crippen LogP contribution is 2.34. The SMILES string of the molecule is Cc1ccc(N)c2c1c(N(C)S(C)(=O)=O)nn2C(C)C. The summed E-state index contributed by atoms with van der Waals surface area (Å²) >= 11 is 0. The largest absolute Gasteiger partial charge is 0.397 e. The van der Waals surface area contributed by atoms with Gasteiger partial charge in [-0.25, -0.2) is 8.42 Å². The molecular weight excluding hydrogens is 276 g/mol. The average molecular weight is 296 g/mol. The van der Waals surface area contributed by atoms with Crippen molar-refractivity contribution in [2.24, 2.45) is 0 Å². The van der Waals surface area contributed by atoms with Gasteiger partial charge in [-0.1, -0.05) is 6.07 Å². The van der Waals surface area contributed by atoms with Crippen LogP contribution in [-0.4, -0.2) is 31.5 Å². The number of aromatic nitrogens is 2. The van der Waals surface area contributed by atoms with E-state index < -0.39 is 10.0 Å². The number of rotatable bonds is 3. The molecule has 1 aromatic carbocycles. The minimum atomic E-state index is -3.37. The Hall–Kier alpha value is -1.76. The third kappa shape index (κ3) is 2.22. The first-order valence-electron chi connectivity index (χ1n) is 6.35. The molecule has 1 aromatic heterocycles. The first-order valence-corrected chi connectivity index (χ1v) is 8.20. The molecule has 0 spiro atoms. The van der Waals surface area contributed by atoms with Crippen LogP contribution in [0.5, 0.6) is 0 Å². The Morgan fingerprint density at radius 1 is 1.35 bits per heavy atom. The van der Waals surface area contributed by atoms with Gasteiger partial charge in [0.2, 0.25) is 10.0 Å². The van der Waals surface area contributed by atoms with Crippen LogP contribution in [0.15, 0.2) is 12.1 Å². The van der Waals surface area contributed by atoms with Crippen LogP contribution in [0.2, 0.25) is 0 Å². The zero-order valence-corrected chi connectivity index (χ0v) is 13.2. The molecule has 0 bridgehead atoms. The molecule has 0 aliphatic heterocycles. The Balaban J connectivity index is 2.90. The standard InChI is InChI=1S/C13H20N4O2S/c1-8(2)17-12-10(14)7-6-9(3)11(12)13(15-17)16(4)20(5,18)19/h6-8H,14H2,1-5H3. The van der Waals surface area contributed by atoms with Crippen molar-refractivity contribution in [3.63, 3.8) is 0 Å². The number of nitrogen functional groups attached to an aromatic ring is 1. The number of sulfonamides is 1. The highest BCUT2D eigenvalue weighted by atomic mass is 32.2. The summed E-state index contributed by atoms with van der Waals surface area (Å²) in [6.07, 6.45) is 1.16. The van der Waals surface area contributed by atoms with E-state index in [1.54, 1.807) is 4.68 Å². The minimum Gasteiger partial charge on any atom is -0.397 e. The van der Waals surface area contributed by atoms with Crippen molar-refractivity contribution in [2.75, 3.05) is 23.3 Å². The predicted molar refractivity (Wildman–Crippen MR) is 82.5 cm³/mol. The van der Waals surface area contributed by atoms with Crippen molar-refractivity contribution < 1.29 is 8.42 Å². The predicted octanol–water partition coefficient (Wildman–Crippen LogP) is 1.90. The molecule has 0 radical (unpaired) electrons. The fourth-order valence-electron chi connectivity index (χ4n) is 2.19. The number of anilines is 2. The first-order chi connectivity index (χ1) is 9.14. The van der Waals surface area contributed by atoms with Crippen molar-refractivity contribution in [2.45, 2.75) is 26.8 Å². The molecule has 1 heterocycles. The van der Waals surface area contributed by atoms with Gasteiger partial charge in [0.05, 0.1) is 22.8 Å². The van der Waals surface area contributed by atoms with Crippen molar-refractivity contribution in [3.8, 4) is 0 Å². The van der Waals surface area contributed by atoms with Crippen LogP contribution in [0.25, 0.3) is 10.9 Å². The monoisotopic (exact) mass is 296 g/mol. The van der Waals surface area contributed by atoms with Crippen LogP contribution in [0.1, 0.15) is 25.5 Å². The Morgan fingerprint density at radius 2 is 1.95 bits per heavy atom. The summed E-state index contributed by atoms with van der Waals surface area (Å²) in [7, 11) is -1.87. The summed E-state index contributed by atoms with van der Waals surface area (Å²) in [6.45, 7) is 5.89. The summed E-state index contributed by atoms with van der Waals surface area (Å²) in [5.74, 6) is 0.418. The second-order valence-corrected chi connectivity index (χ2v) is 7.30. The van der Waals surface area contributed by atoms with E-state index in [2.05, 4.69) is 5.10 Å². The summed E-state index contributed by atoms with van der Waals surface area (Å²) in [5.41, 5.74) is 8.39. The topological polar surface area (TPSA) is 81.2 Å². The molecular formula is C13H20N4O2S. The van der Waals surface area contributed by atoms with Crippen molar-refractivity contribution in [1.82, 2.24) is 9.78 Å². The van der Waals surface area contributed by atoms with Crippen LogP contribution in [0.3, 0.4) is 0 Å². The molecule has 2 aromatic rings. The molecule has 0 atom stereocenters. The van der Waals surface area contributed by atoms with Crippen LogP contribution < -0.4 is 10.0 Å². The third-order valence-corrected chi connectivity index (χ3v) is 4.53. The van der Waals surface area contributed by atoms with E-state index >= 15 is 0 Å².